The number of hydrogen-bond acceptors (Lipinski definition) is 8. The minimum atomic E-state index is -3.80. The van der Waals surface area contributed by atoms with Gasteiger partial charge in [-0.05, 0) is 60.8 Å². The van der Waals surface area contributed by atoms with E-state index in [1.807, 2.05) is 4.31 Å². The van der Waals surface area contributed by atoms with Crippen LogP contribution in [-0.4, -0.2) is 69.6 Å². The lowest BCUT2D eigenvalue weighted by Crippen LogP contribution is -2.42. The van der Waals surface area contributed by atoms with E-state index in [0.717, 1.165) is 25.9 Å². The molecule has 5 rings (SSSR count). The summed E-state index contributed by atoms with van der Waals surface area (Å²) in [6.07, 6.45) is 2.07. The molecule has 0 bridgehead atoms. The highest BCUT2D eigenvalue weighted by Crippen LogP contribution is 2.35. The van der Waals surface area contributed by atoms with Gasteiger partial charge in [0.05, 0.1) is 16.3 Å². The molecule has 0 saturated carbocycles. The van der Waals surface area contributed by atoms with E-state index in [1.165, 1.54) is 16.4 Å². The Kier molecular flexibility index (Phi) is 7.82. The van der Waals surface area contributed by atoms with Crippen molar-refractivity contribution >= 4 is 32.8 Å². The Labute approximate surface area is 233 Å². The largest absolute Gasteiger partial charge is 0.593 e. The highest BCUT2D eigenvalue weighted by molar-refractivity contribution is 7.89. The molecule has 0 spiro atoms. The van der Waals surface area contributed by atoms with Crippen molar-refractivity contribution in [3.05, 3.63) is 58.7 Å². The highest BCUT2D eigenvalue weighted by atomic mass is 32.2. The van der Waals surface area contributed by atoms with Gasteiger partial charge in [-0.3, -0.25) is 0 Å². The molecule has 39 heavy (non-hydrogen) atoms. The first-order chi connectivity index (χ1) is 18.5. The second-order valence-corrected chi connectivity index (χ2v) is 15.0. The van der Waals surface area contributed by atoms with Crippen molar-refractivity contribution in [2.24, 2.45) is 34.0 Å². The minimum absolute atomic E-state index is 0.0838. The van der Waals surface area contributed by atoms with Crippen LogP contribution in [0.2, 0.25) is 0 Å². The standard InChI is InChI=1S/C28H36N4O5S2/c1-17-9-18(2)14-31(13-17)38(35)21-5-7-23-25(11-21)28(30-34)26-12-22(6-8-24(26)27(23)29-33)39(36,37)32-15-19(3)10-20(4)16-32/h5-8,11-12,17-20,33-34H,9-10,13-16H2,1-4H3/b29-27-,30-28-. The van der Waals surface area contributed by atoms with Crippen molar-refractivity contribution in [2.75, 3.05) is 26.2 Å². The number of oxime groups is 2. The van der Waals surface area contributed by atoms with Crippen molar-refractivity contribution in [1.29, 1.82) is 0 Å². The lowest BCUT2D eigenvalue weighted by atomic mass is 9.83. The van der Waals surface area contributed by atoms with Gasteiger partial charge < -0.3 is 15.0 Å². The van der Waals surface area contributed by atoms with Crippen LogP contribution in [0.25, 0.3) is 0 Å². The molecule has 2 saturated heterocycles. The van der Waals surface area contributed by atoms with Crippen LogP contribution < -0.4 is 0 Å². The Bertz CT molecular complexity index is 1410. The van der Waals surface area contributed by atoms with Gasteiger partial charge in [-0.15, -0.1) is 4.31 Å². The van der Waals surface area contributed by atoms with E-state index < -0.39 is 21.4 Å². The summed E-state index contributed by atoms with van der Waals surface area (Å²) in [5.41, 5.74) is 2.09. The average molecular weight is 573 g/mol. The molecule has 2 aromatic rings. The van der Waals surface area contributed by atoms with Crippen LogP contribution in [-0.2, 0) is 21.4 Å². The first kappa shape index (κ1) is 28.1. The second-order valence-electron chi connectivity index (χ2n) is 11.6. The first-order valence-electron chi connectivity index (χ1n) is 13.4. The van der Waals surface area contributed by atoms with Crippen LogP contribution in [0.15, 0.2) is 56.5 Å². The zero-order chi connectivity index (χ0) is 28.1. The van der Waals surface area contributed by atoms with Crippen molar-refractivity contribution in [1.82, 2.24) is 8.61 Å². The van der Waals surface area contributed by atoms with E-state index >= 15 is 0 Å². The van der Waals surface area contributed by atoms with Gasteiger partial charge in [-0.25, -0.2) is 8.42 Å². The summed E-state index contributed by atoms with van der Waals surface area (Å²) >= 11 is -1.43. The molecule has 2 aliphatic heterocycles. The van der Waals surface area contributed by atoms with Gasteiger partial charge in [0.25, 0.3) is 0 Å². The normalized spacial score (nSPS) is 29.3. The summed E-state index contributed by atoms with van der Waals surface area (Å²) in [5.74, 6) is 1.36. The third-order valence-electron chi connectivity index (χ3n) is 7.95. The third-order valence-corrected chi connectivity index (χ3v) is 11.2. The van der Waals surface area contributed by atoms with Crippen LogP contribution in [0.4, 0.5) is 0 Å². The summed E-state index contributed by atoms with van der Waals surface area (Å²) in [5, 5.41) is 27.2. The predicted molar refractivity (Wildman–Crippen MR) is 150 cm³/mol. The van der Waals surface area contributed by atoms with Gasteiger partial charge in [0.15, 0.2) is 4.90 Å². The summed E-state index contributed by atoms with van der Waals surface area (Å²) < 4.78 is 44.3. The summed E-state index contributed by atoms with van der Waals surface area (Å²) in [7, 11) is -3.80. The topological polar surface area (TPSA) is 129 Å². The maximum absolute atomic E-state index is 13.6. The Balaban J connectivity index is 1.55. The Hall–Kier alpha value is -2.44. The smallest absolute Gasteiger partial charge is 0.243 e. The van der Waals surface area contributed by atoms with Gasteiger partial charge in [0.2, 0.25) is 10.0 Å². The fourth-order valence-corrected chi connectivity index (χ4v) is 9.65. The molecule has 9 nitrogen and oxygen atoms in total. The molecule has 210 valence electrons. The quantitative estimate of drug-likeness (QED) is 0.275. The molecule has 1 aliphatic carbocycles. The average Bonchev–Trinajstić information content (AvgIpc) is 2.89. The molecule has 2 N–H and O–H groups in total. The number of fused-ring (bicyclic) bond motifs is 2. The zero-order valence-electron chi connectivity index (χ0n) is 22.7. The van der Waals surface area contributed by atoms with Gasteiger partial charge in [-0.1, -0.05) is 44.1 Å². The Morgan fingerprint density at radius 3 is 1.82 bits per heavy atom. The number of rotatable bonds is 4. The van der Waals surface area contributed by atoms with Gasteiger partial charge in [0, 0.05) is 54.5 Å². The minimum Gasteiger partial charge on any atom is -0.593 e. The van der Waals surface area contributed by atoms with E-state index in [2.05, 4.69) is 38.0 Å². The molecule has 5 atom stereocenters. The molecule has 11 heteroatoms. The molecule has 2 aromatic carbocycles. The highest BCUT2D eigenvalue weighted by Gasteiger charge is 2.36. The summed E-state index contributed by atoms with van der Waals surface area (Å²) in [4.78, 5) is 0.623. The van der Waals surface area contributed by atoms with Crippen molar-refractivity contribution in [3.8, 4) is 0 Å². The SMILES string of the molecule is CC1CC(C)CN([S+]([O-])c2ccc3c(c2)/C(=N/O)c2cc(S(=O)(=O)N4CC(C)CC(C)C4)ccc2/C3=N\O)C1. The molecule has 3 aliphatic rings. The maximum atomic E-state index is 13.6. The molecule has 2 heterocycles. The molecule has 2 fully saturated rings. The predicted octanol–water partition coefficient (Wildman–Crippen LogP) is 4.12. The van der Waals surface area contributed by atoms with Crippen LogP contribution in [0.3, 0.4) is 0 Å². The molecule has 0 aromatic heterocycles. The molecular formula is C28H36N4O5S2. The van der Waals surface area contributed by atoms with E-state index in [4.69, 9.17) is 0 Å². The number of sulfonamides is 1. The zero-order valence-corrected chi connectivity index (χ0v) is 24.4. The van der Waals surface area contributed by atoms with Crippen LogP contribution >= 0.6 is 0 Å². The number of nitrogens with zero attached hydrogens (tertiary/aromatic N) is 4. The lowest BCUT2D eigenvalue weighted by molar-refractivity contribution is 0.222. The number of piperidine rings is 2. The Morgan fingerprint density at radius 1 is 0.769 bits per heavy atom. The van der Waals surface area contributed by atoms with E-state index in [1.54, 1.807) is 24.3 Å². The molecular weight excluding hydrogens is 536 g/mol. The maximum Gasteiger partial charge on any atom is 0.243 e. The number of hydrogen-bond donors (Lipinski definition) is 2. The molecule has 0 radical (unpaired) electrons. The van der Waals surface area contributed by atoms with Crippen LogP contribution in [0.5, 0.6) is 0 Å². The van der Waals surface area contributed by atoms with E-state index in [-0.39, 0.29) is 28.2 Å². The fourth-order valence-electron chi connectivity index (χ4n) is 6.47. The van der Waals surface area contributed by atoms with E-state index in [9.17, 15) is 23.4 Å². The molecule has 5 unspecified atom stereocenters. The lowest BCUT2D eigenvalue weighted by Gasteiger charge is -2.34. The van der Waals surface area contributed by atoms with Crippen LogP contribution in [0, 0.1) is 23.7 Å². The van der Waals surface area contributed by atoms with Crippen molar-refractivity contribution < 1.29 is 23.4 Å². The van der Waals surface area contributed by atoms with Gasteiger partial charge in [-0.2, -0.15) is 4.31 Å². The fraction of sp³-hybridized carbons (Fsp3) is 0.500. The first-order valence-corrected chi connectivity index (χ1v) is 16.0. The van der Waals surface area contributed by atoms with Gasteiger partial charge >= 0.3 is 0 Å². The van der Waals surface area contributed by atoms with E-state index in [0.29, 0.717) is 52.1 Å². The summed E-state index contributed by atoms with van der Waals surface area (Å²) in [6, 6.07) is 9.71. The number of benzene rings is 2. The van der Waals surface area contributed by atoms with Crippen LogP contribution in [0.1, 0.15) is 62.8 Å². The van der Waals surface area contributed by atoms with Crippen molar-refractivity contribution in [3.63, 3.8) is 0 Å². The van der Waals surface area contributed by atoms with Crippen molar-refractivity contribution in [2.45, 2.75) is 50.3 Å². The Morgan fingerprint density at radius 2 is 1.26 bits per heavy atom. The summed E-state index contributed by atoms with van der Waals surface area (Å²) in [6.45, 7) is 10.7. The second kappa shape index (κ2) is 10.9. The monoisotopic (exact) mass is 572 g/mol. The third kappa shape index (κ3) is 5.22. The molecule has 0 amide bonds. The van der Waals surface area contributed by atoms with Gasteiger partial charge in [0.1, 0.15) is 11.4 Å².